The fourth-order valence-electron chi connectivity index (χ4n) is 3.56. The third kappa shape index (κ3) is 5.13. The summed E-state index contributed by atoms with van der Waals surface area (Å²) in [6.45, 7) is 2.76. The Bertz CT molecular complexity index is 1100. The number of aromatic nitrogens is 1. The molecule has 0 saturated carbocycles. The first-order valence-corrected chi connectivity index (χ1v) is 10.5. The highest BCUT2D eigenvalue weighted by Crippen LogP contribution is 2.20. The Morgan fingerprint density at radius 1 is 0.938 bits per heavy atom. The van der Waals surface area contributed by atoms with E-state index in [0.717, 1.165) is 24.3 Å². The van der Waals surface area contributed by atoms with E-state index in [-0.39, 0.29) is 11.8 Å². The molecule has 0 spiro atoms. The van der Waals surface area contributed by atoms with Crippen LogP contribution >= 0.6 is 0 Å². The zero-order valence-corrected chi connectivity index (χ0v) is 17.6. The lowest BCUT2D eigenvalue weighted by Gasteiger charge is -2.35. The molecule has 0 unspecified atom stereocenters. The molecular weight excluding hydrogens is 402 g/mol. The van der Waals surface area contributed by atoms with Crippen molar-refractivity contribution in [2.45, 2.75) is 0 Å². The number of hydrogen-bond donors (Lipinski definition) is 2. The van der Waals surface area contributed by atoms with Gasteiger partial charge in [0, 0.05) is 55.9 Å². The van der Waals surface area contributed by atoms with Gasteiger partial charge in [-0.3, -0.25) is 14.6 Å². The minimum absolute atomic E-state index is 0.000655. The van der Waals surface area contributed by atoms with E-state index in [1.807, 2.05) is 41.3 Å². The van der Waals surface area contributed by atoms with E-state index < -0.39 is 0 Å². The van der Waals surface area contributed by atoms with Crippen LogP contribution in [0.3, 0.4) is 0 Å². The lowest BCUT2D eigenvalue weighted by Crippen LogP contribution is -2.48. The van der Waals surface area contributed by atoms with Gasteiger partial charge in [0.25, 0.3) is 5.91 Å². The van der Waals surface area contributed by atoms with Crippen LogP contribution < -0.4 is 16.0 Å². The third-order valence-electron chi connectivity index (χ3n) is 5.40. The van der Waals surface area contributed by atoms with Crippen LogP contribution in [0.5, 0.6) is 0 Å². The lowest BCUT2D eigenvalue weighted by atomic mass is 10.1. The number of benzene rings is 2. The quantitative estimate of drug-likeness (QED) is 0.482. The van der Waals surface area contributed by atoms with Crippen LogP contribution in [-0.4, -0.2) is 47.9 Å². The van der Waals surface area contributed by atoms with Gasteiger partial charge in [-0.05, 0) is 54.1 Å². The Morgan fingerprint density at radius 2 is 1.69 bits per heavy atom. The standard InChI is InChI=1S/C25H25N5O2/c26-22-5-1-2-6-23(22)28-25(32)20-8-10-21(11-9-20)29-14-16-30(17-15-29)24(31)12-7-19-4-3-13-27-18-19/h1-13,18H,14-17,26H2,(H,28,32)/b12-7+. The first-order chi connectivity index (χ1) is 15.6. The minimum Gasteiger partial charge on any atom is -0.397 e. The first-order valence-electron chi connectivity index (χ1n) is 10.5. The topological polar surface area (TPSA) is 91.6 Å². The van der Waals surface area contributed by atoms with Gasteiger partial charge in [0.15, 0.2) is 0 Å². The second-order valence-electron chi connectivity index (χ2n) is 7.52. The van der Waals surface area contributed by atoms with Crippen molar-refractivity contribution in [3.05, 3.63) is 90.3 Å². The molecule has 0 aliphatic carbocycles. The summed E-state index contributed by atoms with van der Waals surface area (Å²) in [5.74, 6) is -0.203. The largest absolute Gasteiger partial charge is 0.397 e. The van der Waals surface area contributed by atoms with Crippen LogP contribution in [0.2, 0.25) is 0 Å². The smallest absolute Gasteiger partial charge is 0.255 e. The molecule has 0 atom stereocenters. The van der Waals surface area contributed by atoms with Crippen LogP contribution in [0.1, 0.15) is 15.9 Å². The Hall–Kier alpha value is -4.13. The molecule has 7 heteroatoms. The third-order valence-corrected chi connectivity index (χ3v) is 5.40. The van der Waals surface area contributed by atoms with E-state index in [0.29, 0.717) is 30.0 Å². The van der Waals surface area contributed by atoms with Crippen molar-refractivity contribution in [1.29, 1.82) is 0 Å². The van der Waals surface area contributed by atoms with E-state index in [1.165, 1.54) is 0 Å². The molecule has 1 aromatic heterocycles. The lowest BCUT2D eigenvalue weighted by molar-refractivity contribution is -0.126. The molecule has 0 radical (unpaired) electrons. The molecule has 1 saturated heterocycles. The van der Waals surface area contributed by atoms with Crippen LogP contribution in [-0.2, 0) is 4.79 Å². The zero-order valence-electron chi connectivity index (χ0n) is 17.6. The van der Waals surface area contributed by atoms with Gasteiger partial charge in [-0.1, -0.05) is 18.2 Å². The van der Waals surface area contributed by atoms with Crippen molar-refractivity contribution in [2.75, 3.05) is 42.1 Å². The molecule has 1 fully saturated rings. The second-order valence-corrected chi connectivity index (χ2v) is 7.52. The molecule has 1 aliphatic rings. The van der Waals surface area contributed by atoms with Crippen molar-refractivity contribution in [3.63, 3.8) is 0 Å². The molecule has 0 bridgehead atoms. The van der Waals surface area contributed by atoms with E-state index in [1.54, 1.807) is 48.8 Å². The normalized spacial score (nSPS) is 13.9. The van der Waals surface area contributed by atoms with Gasteiger partial charge in [-0.15, -0.1) is 0 Å². The number of para-hydroxylation sites is 2. The highest BCUT2D eigenvalue weighted by molar-refractivity contribution is 6.05. The summed E-state index contributed by atoms with van der Waals surface area (Å²) in [5, 5.41) is 2.84. The summed E-state index contributed by atoms with van der Waals surface area (Å²) in [6, 6.07) is 18.4. The monoisotopic (exact) mass is 427 g/mol. The van der Waals surface area contributed by atoms with Crippen molar-refractivity contribution in [1.82, 2.24) is 9.88 Å². The fraction of sp³-hybridized carbons (Fsp3) is 0.160. The summed E-state index contributed by atoms with van der Waals surface area (Å²) in [6.07, 6.45) is 6.81. The highest BCUT2D eigenvalue weighted by atomic mass is 16.2. The number of hydrogen-bond acceptors (Lipinski definition) is 5. The number of nitrogen functional groups attached to an aromatic ring is 1. The number of carbonyl (C=O) groups is 2. The Morgan fingerprint density at radius 3 is 2.38 bits per heavy atom. The Labute approximate surface area is 187 Å². The number of amides is 2. The summed E-state index contributed by atoms with van der Waals surface area (Å²) < 4.78 is 0. The first kappa shape index (κ1) is 21.1. The maximum atomic E-state index is 12.5. The van der Waals surface area contributed by atoms with E-state index >= 15 is 0 Å². The number of nitrogens with two attached hydrogens (primary N) is 1. The zero-order chi connectivity index (χ0) is 22.3. The van der Waals surface area contributed by atoms with Gasteiger partial charge in [0.2, 0.25) is 5.91 Å². The van der Waals surface area contributed by atoms with Gasteiger partial charge >= 0.3 is 0 Å². The number of nitrogens with zero attached hydrogens (tertiary/aromatic N) is 3. The SMILES string of the molecule is Nc1ccccc1NC(=O)c1ccc(N2CCN(C(=O)/C=C/c3cccnc3)CC2)cc1. The molecular formula is C25H25N5O2. The van der Waals surface area contributed by atoms with Crippen LogP contribution in [0.25, 0.3) is 6.08 Å². The maximum absolute atomic E-state index is 12.5. The van der Waals surface area contributed by atoms with Gasteiger partial charge < -0.3 is 20.9 Å². The van der Waals surface area contributed by atoms with Gasteiger partial charge in [-0.25, -0.2) is 0 Å². The molecule has 162 valence electrons. The summed E-state index contributed by atoms with van der Waals surface area (Å²) in [5.41, 5.74) is 9.51. The number of anilines is 3. The number of carbonyl (C=O) groups excluding carboxylic acids is 2. The molecule has 1 aliphatic heterocycles. The van der Waals surface area contributed by atoms with Crippen molar-refractivity contribution < 1.29 is 9.59 Å². The molecule has 7 nitrogen and oxygen atoms in total. The molecule has 3 N–H and O–H groups in total. The highest BCUT2D eigenvalue weighted by Gasteiger charge is 2.20. The predicted octanol–water partition coefficient (Wildman–Crippen LogP) is 3.28. The number of pyridine rings is 1. The van der Waals surface area contributed by atoms with Crippen LogP contribution in [0.15, 0.2) is 79.1 Å². The average molecular weight is 428 g/mol. The number of piperazine rings is 1. The van der Waals surface area contributed by atoms with Crippen molar-refractivity contribution >= 4 is 35.0 Å². The van der Waals surface area contributed by atoms with E-state index in [9.17, 15) is 9.59 Å². The number of nitrogens with one attached hydrogen (secondary N) is 1. The van der Waals surface area contributed by atoms with Gasteiger partial charge in [-0.2, -0.15) is 0 Å². The predicted molar refractivity (Wildman–Crippen MR) is 127 cm³/mol. The summed E-state index contributed by atoms with van der Waals surface area (Å²) in [7, 11) is 0. The average Bonchev–Trinajstić information content (AvgIpc) is 2.85. The number of rotatable bonds is 5. The minimum atomic E-state index is -0.203. The van der Waals surface area contributed by atoms with Crippen LogP contribution in [0, 0.1) is 0 Å². The molecule has 4 rings (SSSR count). The van der Waals surface area contributed by atoms with E-state index in [2.05, 4.69) is 15.2 Å². The second kappa shape index (κ2) is 9.78. The Kier molecular flexibility index (Phi) is 6.46. The summed E-state index contributed by atoms with van der Waals surface area (Å²) in [4.78, 5) is 33.1. The molecule has 3 aromatic rings. The molecule has 2 amide bonds. The van der Waals surface area contributed by atoms with Crippen molar-refractivity contribution in [2.24, 2.45) is 0 Å². The molecule has 2 aromatic carbocycles. The van der Waals surface area contributed by atoms with E-state index in [4.69, 9.17) is 5.73 Å². The van der Waals surface area contributed by atoms with Crippen molar-refractivity contribution in [3.8, 4) is 0 Å². The molecule has 32 heavy (non-hydrogen) atoms. The Balaban J connectivity index is 1.31. The van der Waals surface area contributed by atoms with Gasteiger partial charge in [0.05, 0.1) is 11.4 Å². The maximum Gasteiger partial charge on any atom is 0.255 e. The van der Waals surface area contributed by atoms with Gasteiger partial charge in [0.1, 0.15) is 0 Å². The summed E-state index contributed by atoms with van der Waals surface area (Å²) >= 11 is 0. The van der Waals surface area contributed by atoms with Crippen LogP contribution in [0.4, 0.5) is 17.1 Å². The fourth-order valence-corrected chi connectivity index (χ4v) is 3.56. The molecule has 2 heterocycles.